The number of piperazine rings is 1. The second-order valence-corrected chi connectivity index (χ2v) is 7.85. The van der Waals surface area contributed by atoms with Crippen LogP contribution in [0.1, 0.15) is 24.8 Å². The van der Waals surface area contributed by atoms with Crippen LogP contribution in [0.2, 0.25) is 0 Å². The molecule has 150 valence electrons. The third-order valence-electron chi connectivity index (χ3n) is 6.09. The molecule has 0 bridgehead atoms. The molecule has 29 heavy (non-hydrogen) atoms. The molecule has 5 heterocycles. The summed E-state index contributed by atoms with van der Waals surface area (Å²) in [5, 5.41) is 4.18. The van der Waals surface area contributed by atoms with Gasteiger partial charge in [-0.25, -0.2) is 18.9 Å². The zero-order chi connectivity index (χ0) is 19.8. The molecular formula is C21H23FN6O. The Morgan fingerprint density at radius 2 is 2.10 bits per heavy atom. The van der Waals surface area contributed by atoms with E-state index < -0.39 is 0 Å². The third kappa shape index (κ3) is 3.43. The molecule has 0 radical (unpaired) electrons. The molecule has 2 saturated heterocycles. The maximum Gasteiger partial charge on any atom is 0.226 e. The highest BCUT2D eigenvalue weighted by atomic mass is 19.1. The molecule has 2 aliphatic rings. The van der Waals surface area contributed by atoms with E-state index in [-0.39, 0.29) is 23.7 Å². The van der Waals surface area contributed by atoms with E-state index in [1.807, 2.05) is 17.2 Å². The molecule has 0 aliphatic carbocycles. The molecule has 7 nitrogen and oxygen atoms in total. The van der Waals surface area contributed by atoms with Crippen LogP contribution in [-0.4, -0.2) is 56.1 Å². The summed E-state index contributed by atoms with van der Waals surface area (Å²) in [6.07, 6.45) is 8.32. The largest absolute Gasteiger partial charge is 0.353 e. The molecule has 2 aliphatic heterocycles. The Balaban J connectivity index is 1.19. The first-order chi connectivity index (χ1) is 14.2. The van der Waals surface area contributed by atoms with E-state index >= 15 is 0 Å². The van der Waals surface area contributed by atoms with E-state index in [1.165, 1.54) is 17.8 Å². The van der Waals surface area contributed by atoms with E-state index in [2.05, 4.69) is 26.0 Å². The van der Waals surface area contributed by atoms with Crippen LogP contribution >= 0.6 is 0 Å². The Kier molecular flexibility index (Phi) is 4.61. The highest BCUT2D eigenvalue weighted by molar-refractivity contribution is 5.82. The highest BCUT2D eigenvalue weighted by Gasteiger charge is 2.42. The average Bonchev–Trinajstić information content (AvgIpc) is 3.34. The fourth-order valence-electron chi connectivity index (χ4n) is 4.65. The second-order valence-electron chi connectivity index (χ2n) is 7.85. The molecule has 1 amide bonds. The second kappa shape index (κ2) is 7.42. The predicted molar refractivity (Wildman–Crippen MR) is 106 cm³/mol. The zero-order valence-corrected chi connectivity index (χ0v) is 16.1. The number of hydrogen-bond acceptors (Lipinski definition) is 5. The Labute approximate surface area is 168 Å². The first-order valence-electron chi connectivity index (χ1n) is 10.1. The molecule has 3 aromatic heterocycles. The van der Waals surface area contributed by atoms with Crippen LogP contribution in [0.5, 0.6) is 0 Å². The van der Waals surface area contributed by atoms with Crippen molar-refractivity contribution < 1.29 is 9.18 Å². The van der Waals surface area contributed by atoms with Gasteiger partial charge < -0.3 is 9.80 Å². The molecule has 8 heteroatoms. The number of rotatable bonds is 5. The lowest BCUT2D eigenvalue weighted by molar-refractivity contribution is -0.132. The van der Waals surface area contributed by atoms with Crippen LogP contribution in [0.25, 0.3) is 5.65 Å². The number of hydrogen-bond donors (Lipinski definition) is 0. The van der Waals surface area contributed by atoms with Gasteiger partial charge in [0.05, 0.1) is 12.2 Å². The van der Waals surface area contributed by atoms with Gasteiger partial charge in [-0.2, -0.15) is 5.10 Å². The third-order valence-corrected chi connectivity index (χ3v) is 6.09. The van der Waals surface area contributed by atoms with Crippen LogP contribution in [0.3, 0.4) is 0 Å². The topological polar surface area (TPSA) is 66.6 Å². The Morgan fingerprint density at radius 1 is 1.17 bits per heavy atom. The molecule has 5 rings (SSSR count). The van der Waals surface area contributed by atoms with Crippen molar-refractivity contribution in [3.05, 3.63) is 54.4 Å². The van der Waals surface area contributed by atoms with Crippen molar-refractivity contribution in [2.24, 2.45) is 5.92 Å². The van der Waals surface area contributed by atoms with Crippen LogP contribution in [0.4, 0.5) is 10.2 Å². The van der Waals surface area contributed by atoms with Gasteiger partial charge in [-0.15, -0.1) is 0 Å². The van der Waals surface area contributed by atoms with Crippen LogP contribution in [0.15, 0.2) is 43.0 Å². The van der Waals surface area contributed by atoms with Gasteiger partial charge in [-0.05, 0) is 49.4 Å². The van der Waals surface area contributed by atoms with Gasteiger partial charge >= 0.3 is 0 Å². The molecule has 0 spiro atoms. The van der Waals surface area contributed by atoms with Crippen molar-refractivity contribution in [2.45, 2.75) is 31.7 Å². The van der Waals surface area contributed by atoms with Crippen molar-refractivity contribution in [2.75, 3.05) is 24.5 Å². The van der Waals surface area contributed by atoms with Crippen molar-refractivity contribution in [1.29, 1.82) is 0 Å². The number of aromatic nitrogens is 4. The van der Waals surface area contributed by atoms with Crippen LogP contribution in [0, 0.1) is 11.7 Å². The van der Waals surface area contributed by atoms with E-state index in [9.17, 15) is 9.18 Å². The van der Waals surface area contributed by atoms with Gasteiger partial charge in [-0.3, -0.25) is 4.79 Å². The number of anilines is 1. The maximum atomic E-state index is 13.1. The first kappa shape index (κ1) is 18.0. The standard InChI is InChI=1S/C21H23FN6O/c22-17-6-7-19(23-12-17)26-9-10-27-18(13-26)11-16(21(27)29)4-1-3-15-5-2-8-28-20(15)24-14-25-28/h2,5-8,12,14,16,18H,1,3-4,9-11,13H2/t16-,18+/m0/s1. The number of halogens is 1. The van der Waals surface area contributed by atoms with Crippen LogP contribution in [-0.2, 0) is 11.2 Å². The Hall–Kier alpha value is -3.03. The van der Waals surface area contributed by atoms with Gasteiger partial charge in [0.1, 0.15) is 18.0 Å². The summed E-state index contributed by atoms with van der Waals surface area (Å²) in [5.41, 5.74) is 2.06. The van der Waals surface area contributed by atoms with E-state index in [4.69, 9.17) is 0 Å². The smallest absolute Gasteiger partial charge is 0.226 e. The molecule has 2 atom stereocenters. The van der Waals surface area contributed by atoms with Crippen molar-refractivity contribution in [3.8, 4) is 0 Å². The fourth-order valence-corrected chi connectivity index (χ4v) is 4.65. The van der Waals surface area contributed by atoms with E-state index in [1.54, 1.807) is 16.9 Å². The number of amides is 1. The number of fused-ring (bicyclic) bond motifs is 2. The predicted octanol–water partition coefficient (Wildman–Crippen LogP) is 2.32. The summed E-state index contributed by atoms with van der Waals surface area (Å²) in [6, 6.07) is 7.43. The number of carbonyl (C=O) groups excluding carboxylic acids is 1. The highest BCUT2D eigenvalue weighted by Crippen LogP contribution is 2.32. The monoisotopic (exact) mass is 394 g/mol. The molecular weight excluding hydrogens is 371 g/mol. The van der Waals surface area contributed by atoms with Crippen molar-refractivity contribution >= 4 is 17.4 Å². The fraction of sp³-hybridized carbons (Fsp3) is 0.429. The summed E-state index contributed by atoms with van der Waals surface area (Å²) in [4.78, 5) is 25.6. The lowest BCUT2D eigenvalue weighted by Crippen LogP contribution is -2.51. The van der Waals surface area contributed by atoms with Crippen LogP contribution < -0.4 is 4.90 Å². The van der Waals surface area contributed by atoms with Gasteiger partial charge in [0.25, 0.3) is 0 Å². The summed E-state index contributed by atoms with van der Waals surface area (Å²) in [5.74, 6) is 0.815. The van der Waals surface area contributed by atoms with Crippen molar-refractivity contribution in [3.63, 3.8) is 0 Å². The molecule has 0 saturated carbocycles. The minimum atomic E-state index is -0.328. The number of pyridine rings is 2. The van der Waals surface area contributed by atoms with Gasteiger partial charge in [0.15, 0.2) is 5.65 Å². The molecule has 2 fully saturated rings. The summed E-state index contributed by atoms with van der Waals surface area (Å²) < 4.78 is 14.9. The molecule has 3 aromatic rings. The Morgan fingerprint density at radius 3 is 2.97 bits per heavy atom. The quantitative estimate of drug-likeness (QED) is 0.665. The summed E-state index contributed by atoms with van der Waals surface area (Å²) in [6.45, 7) is 2.21. The van der Waals surface area contributed by atoms with E-state index in [0.29, 0.717) is 6.54 Å². The minimum Gasteiger partial charge on any atom is -0.353 e. The first-order valence-corrected chi connectivity index (χ1v) is 10.1. The normalized spacial score (nSPS) is 21.8. The SMILES string of the molecule is O=C1[C@@H](CCCc2cccn3ncnc23)C[C@@H]2CN(c3ccc(F)cn3)CCN12. The number of nitrogens with zero attached hydrogens (tertiary/aromatic N) is 6. The van der Waals surface area contributed by atoms with E-state index in [0.717, 1.165) is 50.2 Å². The number of carbonyl (C=O) groups is 1. The minimum absolute atomic E-state index is 0.0822. The number of aryl methyl sites for hydroxylation is 1. The van der Waals surface area contributed by atoms with Gasteiger partial charge in [-0.1, -0.05) is 6.07 Å². The summed E-state index contributed by atoms with van der Waals surface area (Å²) >= 11 is 0. The van der Waals surface area contributed by atoms with Gasteiger partial charge in [0, 0.05) is 31.7 Å². The molecule has 0 N–H and O–H groups in total. The maximum absolute atomic E-state index is 13.1. The van der Waals surface area contributed by atoms with Crippen molar-refractivity contribution in [1.82, 2.24) is 24.5 Å². The lowest BCUT2D eigenvalue weighted by Gasteiger charge is -2.38. The zero-order valence-electron chi connectivity index (χ0n) is 16.1. The summed E-state index contributed by atoms with van der Waals surface area (Å²) in [7, 11) is 0. The van der Waals surface area contributed by atoms with Gasteiger partial charge in [0.2, 0.25) is 5.91 Å². The molecule has 0 unspecified atom stereocenters. The molecule has 0 aromatic carbocycles. The Bertz CT molecular complexity index is 1020. The lowest BCUT2D eigenvalue weighted by atomic mass is 9.96. The average molecular weight is 394 g/mol.